The van der Waals surface area contributed by atoms with E-state index in [0.717, 1.165) is 5.69 Å². The molecule has 0 aliphatic heterocycles. The Morgan fingerprint density at radius 3 is 2.60 bits per heavy atom. The van der Waals surface area contributed by atoms with Crippen LogP contribution < -0.4 is 11.1 Å². The highest BCUT2D eigenvalue weighted by Crippen LogP contribution is 2.25. The zero-order chi connectivity index (χ0) is 10.7. The molecule has 0 heterocycles. The van der Waals surface area contributed by atoms with Crippen LogP contribution in [0.4, 0.5) is 15.8 Å². The molecule has 1 aliphatic rings. The van der Waals surface area contributed by atoms with Gasteiger partial charge < -0.3 is 11.1 Å². The molecule has 15 heavy (non-hydrogen) atoms. The third-order valence-corrected chi connectivity index (χ3v) is 2.98. The molecule has 1 aromatic carbocycles. The van der Waals surface area contributed by atoms with E-state index in [2.05, 4.69) is 5.32 Å². The predicted molar refractivity (Wildman–Crippen MR) is 61.3 cm³/mol. The standard InChI is InChI=1S/C12H17FN2/c13-9-6-7-12(11(14)8-9)15-10-4-2-1-3-5-10/h6-8,10,15H,1-5,14H2. The minimum atomic E-state index is -0.276. The number of hydrogen-bond acceptors (Lipinski definition) is 2. The van der Waals surface area contributed by atoms with E-state index in [-0.39, 0.29) is 5.82 Å². The van der Waals surface area contributed by atoms with E-state index in [4.69, 9.17) is 5.73 Å². The van der Waals surface area contributed by atoms with Gasteiger partial charge >= 0.3 is 0 Å². The van der Waals surface area contributed by atoms with Crippen molar-refractivity contribution < 1.29 is 4.39 Å². The normalized spacial score (nSPS) is 17.7. The van der Waals surface area contributed by atoms with Gasteiger partial charge in [-0.25, -0.2) is 4.39 Å². The lowest BCUT2D eigenvalue weighted by Crippen LogP contribution is -2.22. The number of nitrogens with one attached hydrogen (secondary N) is 1. The van der Waals surface area contributed by atoms with Crippen molar-refractivity contribution in [3.63, 3.8) is 0 Å². The Hall–Kier alpha value is -1.25. The van der Waals surface area contributed by atoms with Crippen LogP contribution in [0.15, 0.2) is 18.2 Å². The van der Waals surface area contributed by atoms with Gasteiger partial charge in [-0.05, 0) is 31.0 Å². The van der Waals surface area contributed by atoms with Crippen LogP contribution in [0, 0.1) is 5.82 Å². The molecule has 0 bridgehead atoms. The van der Waals surface area contributed by atoms with Crippen LogP contribution in [-0.4, -0.2) is 6.04 Å². The maximum atomic E-state index is 12.8. The van der Waals surface area contributed by atoms with Crippen molar-refractivity contribution in [2.75, 3.05) is 11.1 Å². The minimum Gasteiger partial charge on any atom is -0.397 e. The van der Waals surface area contributed by atoms with Crippen LogP contribution >= 0.6 is 0 Å². The van der Waals surface area contributed by atoms with Crippen molar-refractivity contribution in [3.8, 4) is 0 Å². The van der Waals surface area contributed by atoms with Crippen molar-refractivity contribution in [1.29, 1.82) is 0 Å². The Morgan fingerprint density at radius 1 is 1.20 bits per heavy atom. The molecule has 1 fully saturated rings. The quantitative estimate of drug-likeness (QED) is 0.733. The van der Waals surface area contributed by atoms with Crippen LogP contribution in [-0.2, 0) is 0 Å². The SMILES string of the molecule is Nc1cc(F)ccc1NC1CCCCC1. The minimum absolute atomic E-state index is 0.276. The first-order valence-electron chi connectivity index (χ1n) is 5.57. The van der Waals surface area contributed by atoms with E-state index in [9.17, 15) is 4.39 Å². The summed E-state index contributed by atoms with van der Waals surface area (Å²) in [6.07, 6.45) is 6.27. The average Bonchev–Trinajstić information content (AvgIpc) is 2.24. The second-order valence-corrected chi connectivity index (χ2v) is 4.21. The number of rotatable bonds is 2. The maximum absolute atomic E-state index is 12.8. The monoisotopic (exact) mass is 208 g/mol. The summed E-state index contributed by atoms with van der Waals surface area (Å²) in [7, 11) is 0. The fourth-order valence-corrected chi connectivity index (χ4v) is 2.13. The molecule has 0 radical (unpaired) electrons. The van der Waals surface area contributed by atoms with E-state index in [0.29, 0.717) is 11.7 Å². The third-order valence-electron chi connectivity index (χ3n) is 2.98. The predicted octanol–water partition coefficient (Wildman–Crippen LogP) is 3.15. The fraction of sp³-hybridized carbons (Fsp3) is 0.500. The summed E-state index contributed by atoms with van der Waals surface area (Å²) in [5.74, 6) is -0.276. The van der Waals surface area contributed by atoms with E-state index in [1.54, 1.807) is 6.07 Å². The number of anilines is 2. The van der Waals surface area contributed by atoms with Crippen LogP contribution in [0.5, 0.6) is 0 Å². The number of halogens is 1. The van der Waals surface area contributed by atoms with Crippen LogP contribution in [0.2, 0.25) is 0 Å². The Balaban J connectivity index is 2.03. The van der Waals surface area contributed by atoms with Gasteiger partial charge in [0.25, 0.3) is 0 Å². The topological polar surface area (TPSA) is 38.0 Å². The molecule has 2 nitrogen and oxygen atoms in total. The van der Waals surface area contributed by atoms with Gasteiger partial charge in [-0.15, -0.1) is 0 Å². The van der Waals surface area contributed by atoms with Gasteiger partial charge in [-0.1, -0.05) is 19.3 Å². The smallest absolute Gasteiger partial charge is 0.125 e. The van der Waals surface area contributed by atoms with Gasteiger partial charge in [0.15, 0.2) is 0 Å². The van der Waals surface area contributed by atoms with Gasteiger partial charge in [0.1, 0.15) is 5.82 Å². The van der Waals surface area contributed by atoms with Crippen LogP contribution in [0.3, 0.4) is 0 Å². The summed E-state index contributed by atoms with van der Waals surface area (Å²) in [6.45, 7) is 0. The first-order chi connectivity index (χ1) is 7.25. The lowest BCUT2D eigenvalue weighted by Gasteiger charge is -2.24. The lowest BCUT2D eigenvalue weighted by molar-refractivity contribution is 0.463. The second kappa shape index (κ2) is 4.51. The Kier molecular flexibility index (Phi) is 3.09. The van der Waals surface area contributed by atoms with Crippen LogP contribution in [0.1, 0.15) is 32.1 Å². The lowest BCUT2D eigenvalue weighted by atomic mass is 9.95. The number of nitrogens with two attached hydrogens (primary N) is 1. The molecule has 3 heteroatoms. The van der Waals surface area contributed by atoms with E-state index < -0.39 is 0 Å². The molecule has 0 atom stereocenters. The number of benzene rings is 1. The molecule has 0 unspecified atom stereocenters. The van der Waals surface area contributed by atoms with Crippen molar-refractivity contribution in [1.82, 2.24) is 0 Å². The molecule has 1 saturated carbocycles. The Labute approximate surface area is 89.7 Å². The molecule has 1 aliphatic carbocycles. The third kappa shape index (κ3) is 2.61. The molecule has 82 valence electrons. The average molecular weight is 208 g/mol. The summed E-state index contributed by atoms with van der Waals surface area (Å²) in [5.41, 5.74) is 7.10. The molecule has 0 saturated heterocycles. The second-order valence-electron chi connectivity index (χ2n) is 4.21. The van der Waals surface area contributed by atoms with E-state index in [1.807, 2.05) is 0 Å². The summed E-state index contributed by atoms with van der Waals surface area (Å²) in [5, 5.41) is 3.38. The van der Waals surface area contributed by atoms with Crippen molar-refractivity contribution >= 4 is 11.4 Å². The number of hydrogen-bond donors (Lipinski definition) is 2. The summed E-state index contributed by atoms with van der Waals surface area (Å²) < 4.78 is 12.8. The van der Waals surface area contributed by atoms with E-state index in [1.165, 1.54) is 44.2 Å². The molecule has 3 N–H and O–H groups in total. The zero-order valence-corrected chi connectivity index (χ0v) is 8.80. The summed E-state index contributed by atoms with van der Waals surface area (Å²) in [4.78, 5) is 0. The Bertz CT molecular complexity index is 332. The summed E-state index contributed by atoms with van der Waals surface area (Å²) >= 11 is 0. The van der Waals surface area contributed by atoms with Gasteiger partial charge in [0, 0.05) is 6.04 Å². The largest absolute Gasteiger partial charge is 0.397 e. The summed E-state index contributed by atoms with van der Waals surface area (Å²) in [6, 6.07) is 5.04. The van der Waals surface area contributed by atoms with Gasteiger partial charge in [0.2, 0.25) is 0 Å². The maximum Gasteiger partial charge on any atom is 0.125 e. The highest BCUT2D eigenvalue weighted by atomic mass is 19.1. The zero-order valence-electron chi connectivity index (χ0n) is 8.80. The molecule has 2 rings (SSSR count). The van der Waals surface area contributed by atoms with Gasteiger partial charge in [0.05, 0.1) is 11.4 Å². The highest BCUT2D eigenvalue weighted by Gasteiger charge is 2.13. The molecule has 0 aromatic heterocycles. The molecule has 1 aromatic rings. The van der Waals surface area contributed by atoms with Crippen molar-refractivity contribution in [2.45, 2.75) is 38.1 Å². The first-order valence-corrected chi connectivity index (χ1v) is 5.57. The fourth-order valence-electron chi connectivity index (χ4n) is 2.13. The molecule has 0 amide bonds. The number of nitrogen functional groups attached to an aromatic ring is 1. The molecular weight excluding hydrogens is 191 g/mol. The van der Waals surface area contributed by atoms with Gasteiger partial charge in [-0.2, -0.15) is 0 Å². The Morgan fingerprint density at radius 2 is 1.93 bits per heavy atom. The highest BCUT2D eigenvalue weighted by molar-refractivity contribution is 5.66. The molecule has 0 spiro atoms. The van der Waals surface area contributed by atoms with E-state index >= 15 is 0 Å². The molecular formula is C12H17FN2. The van der Waals surface area contributed by atoms with Crippen molar-refractivity contribution in [3.05, 3.63) is 24.0 Å². The van der Waals surface area contributed by atoms with Crippen LogP contribution in [0.25, 0.3) is 0 Å². The van der Waals surface area contributed by atoms with Gasteiger partial charge in [-0.3, -0.25) is 0 Å². The van der Waals surface area contributed by atoms with Crippen molar-refractivity contribution in [2.24, 2.45) is 0 Å². The first kappa shape index (κ1) is 10.3.